The van der Waals surface area contributed by atoms with Crippen LogP contribution >= 0.6 is 22.7 Å². The lowest BCUT2D eigenvalue weighted by atomic mass is 9.86. The highest BCUT2D eigenvalue weighted by atomic mass is 32.1. The lowest BCUT2D eigenvalue weighted by molar-refractivity contribution is -0.116. The van der Waals surface area contributed by atoms with Gasteiger partial charge in [-0.25, -0.2) is 4.98 Å². The van der Waals surface area contributed by atoms with Gasteiger partial charge in [-0.3, -0.25) is 4.79 Å². The normalized spacial score (nSPS) is 16.1. The van der Waals surface area contributed by atoms with Crippen molar-refractivity contribution in [1.29, 1.82) is 0 Å². The maximum atomic E-state index is 12.6. The number of nitrogens with zero attached hydrogens (tertiary/aromatic N) is 3. The van der Waals surface area contributed by atoms with Gasteiger partial charge in [-0.05, 0) is 50.6 Å². The van der Waals surface area contributed by atoms with Crippen molar-refractivity contribution in [3.63, 3.8) is 0 Å². The molecule has 1 amide bonds. The number of anilines is 1. The molecule has 0 radical (unpaired) electrons. The van der Waals surface area contributed by atoms with E-state index in [2.05, 4.69) is 25.2 Å². The Morgan fingerprint density at radius 3 is 2.76 bits per heavy atom. The van der Waals surface area contributed by atoms with Crippen LogP contribution in [0.2, 0.25) is 0 Å². The molecule has 1 aromatic carbocycles. The molecule has 4 aromatic rings. The fraction of sp³-hybridized carbons (Fsp3) is 0.286. The van der Waals surface area contributed by atoms with E-state index >= 15 is 0 Å². The SMILES string of the molecule is COc1ccc2nc(-n3nc(C)c4c3NC(=O)C[C@@H]4c3cc(C)sc3C)sc2c1. The Labute approximate surface area is 176 Å². The van der Waals surface area contributed by atoms with Crippen molar-refractivity contribution in [3.05, 3.63) is 50.8 Å². The number of nitrogens with one attached hydrogen (secondary N) is 1. The van der Waals surface area contributed by atoms with Gasteiger partial charge in [0.15, 0.2) is 0 Å². The van der Waals surface area contributed by atoms with Crippen molar-refractivity contribution in [2.24, 2.45) is 0 Å². The van der Waals surface area contributed by atoms with Gasteiger partial charge in [0.25, 0.3) is 0 Å². The number of methoxy groups -OCH3 is 1. The third kappa shape index (κ3) is 2.94. The summed E-state index contributed by atoms with van der Waals surface area (Å²) in [5.74, 6) is 1.56. The van der Waals surface area contributed by atoms with Crippen molar-refractivity contribution in [2.45, 2.75) is 33.1 Å². The number of amides is 1. The quantitative estimate of drug-likeness (QED) is 0.505. The first-order valence-corrected chi connectivity index (χ1v) is 11.0. The van der Waals surface area contributed by atoms with Gasteiger partial charge in [0, 0.05) is 27.7 Å². The summed E-state index contributed by atoms with van der Waals surface area (Å²) in [7, 11) is 1.65. The molecule has 1 atom stereocenters. The van der Waals surface area contributed by atoms with Gasteiger partial charge in [-0.2, -0.15) is 9.78 Å². The van der Waals surface area contributed by atoms with Crippen LogP contribution in [0.25, 0.3) is 15.3 Å². The molecule has 0 fully saturated rings. The smallest absolute Gasteiger partial charge is 0.226 e. The number of hydrogen-bond acceptors (Lipinski definition) is 6. The second kappa shape index (κ2) is 6.67. The molecule has 0 aliphatic carbocycles. The number of benzene rings is 1. The van der Waals surface area contributed by atoms with Crippen molar-refractivity contribution in [3.8, 4) is 10.9 Å². The van der Waals surface area contributed by atoms with E-state index in [0.29, 0.717) is 6.42 Å². The van der Waals surface area contributed by atoms with Crippen LogP contribution in [0.3, 0.4) is 0 Å². The highest BCUT2D eigenvalue weighted by Gasteiger charge is 2.34. The van der Waals surface area contributed by atoms with Crippen LogP contribution in [-0.4, -0.2) is 27.8 Å². The highest BCUT2D eigenvalue weighted by molar-refractivity contribution is 7.20. The van der Waals surface area contributed by atoms with Crippen molar-refractivity contribution >= 4 is 44.6 Å². The lowest BCUT2D eigenvalue weighted by Crippen LogP contribution is -2.25. The Kier molecular flexibility index (Phi) is 4.22. The van der Waals surface area contributed by atoms with Crippen LogP contribution in [0.1, 0.15) is 38.9 Å². The average Bonchev–Trinajstić information content (AvgIpc) is 3.35. The maximum Gasteiger partial charge on any atom is 0.226 e. The third-order valence-corrected chi connectivity index (χ3v) is 7.30. The Balaban J connectivity index is 1.67. The van der Waals surface area contributed by atoms with Crippen molar-refractivity contribution in [1.82, 2.24) is 14.8 Å². The zero-order valence-electron chi connectivity index (χ0n) is 16.6. The van der Waals surface area contributed by atoms with Crippen LogP contribution in [-0.2, 0) is 4.79 Å². The molecule has 29 heavy (non-hydrogen) atoms. The zero-order valence-corrected chi connectivity index (χ0v) is 18.2. The van der Waals surface area contributed by atoms with Gasteiger partial charge in [0.2, 0.25) is 11.0 Å². The monoisotopic (exact) mass is 424 g/mol. The molecule has 3 aromatic heterocycles. The first-order chi connectivity index (χ1) is 13.9. The number of hydrogen-bond donors (Lipinski definition) is 1. The molecule has 0 bridgehead atoms. The first-order valence-electron chi connectivity index (χ1n) is 9.36. The standard InChI is InChI=1S/C21H20N4O2S2/c1-10-7-14(12(3)28-10)15-9-18(26)23-20-19(15)11(2)24-25(20)21-22-16-6-5-13(27-4)8-17(16)29-21/h5-8,15H,9H2,1-4H3,(H,23,26)/t15-/m1/s1. The lowest BCUT2D eigenvalue weighted by Gasteiger charge is -2.24. The number of carbonyl (C=O) groups excluding carboxylic acids is 1. The number of rotatable bonds is 3. The Morgan fingerprint density at radius 2 is 2.03 bits per heavy atom. The summed E-state index contributed by atoms with van der Waals surface area (Å²) in [6.07, 6.45) is 0.438. The van der Waals surface area contributed by atoms with Crippen molar-refractivity contribution in [2.75, 3.05) is 12.4 Å². The summed E-state index contributed by atoms with van der Waals surface area (Å²) in [5, 5.41) is 8.55. The number of thiazole rings is 1. The minimum absolute atomic E-state index is 0.00897. The Bertz CT molecular complexity index is 1270. The van der Waals surface area contributed by atoms with E-state index in [1.807, 2.05) is 25.1 Å². The zero-order chi connectivity index (χ0) is 20.3. The van der Waals surface area contributed by atoms with Gasteiger partial charge in [-0.15, -0.1) is 11.3 Å². The Hall–Kier alpha value is -2.71. The topological polar surface area (TPSA) is 69.0 Å². The second-order valence-corrected chi connectivity index (χ2v) is 9.73. The summed E-state index contributed by atoms with van der Waals surface area (Å²) in [4.78, 5) is 19.8. The Morgan fingerprint density at radius 1 is 1.21 bits per heavy atom. The summed E-state index contributed by atoms with van der Waals surface area (Å²) in [6.45, 7) is 6.24. The molecule has 0 unspecified atom stereocenters. The molecular formula is C21H20N4O2S2. The van der Waals surface area contributed by atoms with Gasteiger partial charge in [-0.1, -0.05) is 11.3 Å². The fourth-order valence-electron chi connectivity index (χ4n) is 4.06. The van der Waals surface area contributed by atoms with E-state index in [4.69, 9.17) is 14.8 Å². The van der Waals surface area contributed by atoms with Crippen LogP contribution in [0, 0.1) is 20.8 Å². The van der Waals surface area contributed by atoms with E-state index < -0.39 is 0 Å². The molecule has 0 saturated heterocycles. The molecule has 1 aliphatic heterocycles. The predicted molar refractivity (Wildman–Crippen MR) is 117 cm³/mol. The molecule has 4 heterocycles. The van der Waals surface area contributed by atoms with E-state index in [-0.39, 0.29) is 11.8 Å². The number of thiophene rings is 1. The van der Waals surface area contributed by atoms with Crippen LogP contribution in [0.5, 0.6) is 5.75 Å². The van der Waals surface area contributed by atoms with Crippen molar-refractivity contribution < 1.29 is 9.53 Å². The predicted octanol–water partition coefficient (Wildman–Crippen LogP) is 4.95. The van der Waals surface area contributed by atoms with E-state index in [1.165, 1.54) is 26.7 Å². The van der Waals surface area contributed by atoms with Crippen LogP contribution < -0.4 is 10.1 Å². The molecule has 5 rings (SSSR count). The molecule has 1 aliphatic rings. The van der Waals surface area contributed by atoms with Gasteiger partial charge in [0.1, 0.15) is 11.6 Å². The van der Waals surface area contributed by atoms with Gasteiger partial charge >= 0.3 is 0 Å². The van der Waals surface area contributed by atoms with Gasteiger partial charge in [0.05, 0.1) is 23.0 Å². The second-order valence-electron chi connectivity index (χ2n) is 7.26. The minimum Gasteiger partial charge on any atom is -0.497 e. The summed E-state index contributed by atoms with van der Waals surface area (Å²) in [5.41, 5.74) is 4.11. The number of ether oxygens (including phenoxy) is 1. The molecule has 0 saturated carbocycles. The molecule has 148 valence electrons. The number of fused-ring (bicyclic) bond motifs is 2. The van der Waals surface area contributed by atoms with E-state index in [0.717, 1.165) is 38.2 Å². The molecule has 6 nitrogen and oxygen atoms in total. The summed E-state index contributed by atoms with van der Waals surface area (Å²) in [6, 6.07) is 8.01. The number of carbonyl (C=O) groups is 1. The van der Waals surface area contributed by atoms with Crippen LogP contribution in [0.15, 0.2) is 24.3 Å². The molecular weight excluding hydrogens is 404 g/mol. The molecule has 8 heteroatoms. The van der Waals surface area contributed by atoms with E-state index in [9.17, 15) is 4.79 Å². The third-order valence-electron chi connectivity index (χ3n) is 5.32. The average molecular weight is 425 g/mol. The number of aryl methyl sites for hydroxylation is 3. The minimum atomic E-state index is 0.00897. The maximum absolute atomic E-state index is 12.6. The fourth-order valence-corrected chi connectivity index (χ4v) is 6.00. The molecule has 1 N–H and O–H groups in total. The van der Waals surface area contributed by atoms with Gasteiger partial charge < -0.3 is 10.1 Å². The van der Waals surface area contributed by atoms with E-state index in [1.54, 1.807) is 23.1 Å². The first kappa shape index (κ1) is 18.3. The van der Waals surface area contributed by atoms with Crippen LogP contribution in [0.4, 0.5) is 5.82 Å². The summed E-state index contributed by atoms with van der Waals surface area (Å²) >= 11 is 3.30. The molecule has 0 spiro atoms. The summed E-state index contributed by atoms with van der Waals surface area (Å²) < 4.78 is 8.12. The number of aromatic nitrogens is 3. The largest absolute Gasteiger partial charge is 0.497 e. The highest BCUT2D eigenvalue weighted by Crippen LogP contribution is 2.43.